The van der Waals surface area contributed by atoms with Gasteiger partial charge in [0.25, 0.3) is 0 Å². The molecular formula is C15H22ClN3O2S. The number of halogens is 1. The number of nitrogens with zero attached hydrogens (tertiary/aromatic N) is 2. The highest BCUT2D eigenvalue weighted by atomic mass is 35.5. The summed E-state index contributed by atoms with van der Waals surface area (Å²) < 4.78 is 0.743. The molecule has 1 aromatic rings. The van der Waals surface area contributed by atoms with Gasteiger partial charge in [0.05, 0.1) is 17.4 Å². The summed E-state index contributed by atoms with van der Waals surface area (Å²) in [6.07, 6.45) is 1.49. The molecule has 0 bridgehead atoms. The summed E-state index contributed by atoms with van der Waals surface area (Å²) >= 11 is 7.44. The largest absolute Gasteiger partial charge is 0.369 e. The van der Waals surface area contributed by atoms with Gasteiger partial charge in [0.2, 0.25) is 11.8 Å². The molecule has 0 saturated carbocycles. The van der Waals surface area contributed by atoms with Crippen LogP contribution in [0.1, 0.15) is 24.6 Å². The van der Waals surface area contributed by atoms with Crippen molar-refractivity contribution in [3.05, 3.63) is 21.3 Å². The van der Waals surface area contributed by atoms with Crippen molar-refractivity contribution in [1.29, 1.82) is 0 Å². The summed E-state index contributed by atoms with van der Waals surface area (Å²) in [5, 5.41) is 0. The zero-order valence-corrected chi connectivity index (χ0v) is 14.3. The minimum atomic E-state index is -0.226. The van der Waals surface area contributed by atoms with Crippen molar-refractivity contribution in [3.8, 4) is 0 Å². The molecule has 2 heterocycles. The van der Waals surface area contributed by atoms with Gasteiger partial charge in [0, 0.05) is 17.3 Å². The molecule has 7 heteroatoms. The van der Waals surface area contributed by atoms with E-state index in [1.54, 1.807) is 0 Å². The molecule has 1 aliphatic rings. The molecule has 2 rings (SSSR count). The average molecular weight is 344 g/mol. The molecule has 2 amide bonds. The van der Waals surface area contributed by atoms with E-state index in [4.69, 9.17) is 17.3 Å². The maximum atomic E-state index is 12.4. The van der Waals surface area contributed by atoms with Gasteiger partial charge in [-0.1, -0.05) is 11.6 Å². The first kappa shape index (κ1) is 17.2. The minimum Gasteiger partial charge on any atom is -0.369 e. The van der Waals surface area contributed by atoms with Gasteiger partial charge in [-0.2, -0.15) is 0 Å². The predicted octanol–water partition coefficient (Wildman–Crippen LogP) is 1.95. The molecule has 122 valence electrons. The van der Waals surface area contributed by atoms with Crippen LogP contribution in [0.4, 0.5) is 0 Å². The standard InChI is InChI=1S/C15H22ClN3O2S/c1-2-19(9-12-3-4-13(16)22-12)14(20)10-18-7-5-11(6-8-18)15(17)21/h3-4,11H,2,5-10H2,1H3,(H2,17,21). The number of carbonyl (C=O) groups excluding carboxylic acids is 2. The van der Waals surface area contributed by atoms with Crippen molar-refractivity contribution >= 4 is 34.8 Å². The van der Waals surface area contributed by atoms with Crippen LogP contribution in [-0.2, 0) is 16.1 Å². The lowest BCUT2D eigenvalue weighted by Crippen LogP contribution is -2.44. The monoisotopic (exact) mass is 343 g/mol. The number of likely N-dealkylation sites (tertiary alicyclic amines) is 1. The Kier molecular flexibility index (Phi) is 6.23. The highest BCUT2D eigenvalue weighted by molar-refractivity contribution is 7.16. The zero-order valence-electron chi connectivity index (χ0n) is 12.8. The maximum absolute atomic E-state index is 12.4. The average Bonchev–Trinajstić information content (AvgIpc) is 2.90. The molecule has 1 aromatic heterocycles. The fraction of sp³-hybridized carbons (Fsp3) is 0.600. The molecule has 0 spiro atoms. The lowest BCUT2D eigenvalue weighted by molar-refractivity contribution is -0.133. The molecule has 1 fully saturated rings. The van der Waals surface area contributed by atoms with Gasteiger partial charge in [-0.3, -0.25) is 14.5 Å². The van der Waals surface area contributed by atoms with Crippen molar-refractivity contribution in [2.45, 2.75) is 26.3 Å². The van der Waals surface area contributed by atoms with Gasteiger partial charge >= 0.3 is 0 Å². The molecular weight excluding hydrogens is 322 g/mol. The Bertz CT molecular complexity index is 527. The van der Waals surface area contributed by atoms with Gasteiger partial charge in [-0.15, -0.1) is 11.3 Å². The van der Waals surface area contributed by atoms with Gasteiger partial charge in [0.15, 0.2) is 0 Å². The summed E-state index contributed by atoms with van der Waals surface area (Å²) in [4.78, 5) is 28.6. The fourth-order valence-corrected chi connectivity index (χ4v) is 3.77. The third kappa shape index (κ3) is 4.69. The van der Waals surface area contributed by atoms with Crippen LogP contribution in [-0.4, -0.2) is 47.8 Å². The highest BCUT2D eigenvalue weighted by Gasteiger charge is 2.25. The van der Waals surface area contributed by atoms with Crippen LogP contribution in [0.5, 0.6) is 0 Å². The quantitative estimate of drug-likeness (QED) is 0.858. The molecule has 1 aliphatic heterocycles. The third-order valence-corrected chi connectivity index (χ3v) is 5.27. The number of hydrogen-bond acceptors (Lipinski definition) is 4. The van der Waals surface area contributed by atoms with Crippen LogP contribution >= 0.6 is 22.9 Å². The van der Waals surface area contributed by atoms with Crippen molar-refractivity contribution < 1.29 is 9.59 Å². The molecule has 0 aliphatic carbocycles. The Balaban J connectivity index is 1.83. The predicted molar refractivity (Wildman–Crippen MR) is 88.8 cm³/mol. The van der Waals surface area contributed by atoms with Crippen molar-refractivity contribution in [1.82, 2.24) is 9.80 Å². The first-order valence-electron chi connectivity index (χ1n) is 7.53. The van der Waals surface area contributed by atoms with Crippen molar-refractivity contribution in [2.24, 2.45) is 11.7 Å². The zero-order chi connectivity index (χ0) is 16.1. The maximum Gasteiger partial charge on any atom is 0.237 e. The van der Waals surface area contributed by atoms with Crippen LogP contribution in [0.2, 0.25) is 4.34 Å². The number of rotatable bonds is 6. The van der Waals surface area contributed by atoms with E-state index < -0.39 is 0 Å². The van der Waals surface area contributed by atoms with E-state index in [1.807, 2.05) is 24.0 Å². The number of primary amides is 1. The first-order valence-corrected chi connectivity index (χ1v) is 8.72. The molecule has 2 N–H and O–H groups in total. The van der Waals surface area contributed by atoms with Crippen LogP contribution in [0, 0.1) is 5.92 Å². The normalized spacial score (nSPS) is 16.6. The number of thiophene rings is 1. The Labute approximate surface area is 140 Å². The molecule has 1 saturated heterocycles. The summed E-state index contributed by atoms with van der Waals surface area (Å²) in [6, 6.07) is 3.82. The van der Waals surface area contributed by atoms with E-state index in [2.05, 4.69) is 4.90 Å². The Morgan fingerprint density at radius 1 is 1.41 bits per heavy atom. The summed E-state index contributed by atoms with van der Waals surface area (Å²) in [7, 11) is 0. The second-order valence-corrected chi connectivity index (χ2v) is 7.37. The lowest BCUT2D eigenvalue weighted by atomic mass is 9.96. The fourth-order valence-electron chi connectivity index (χ4n) is 2.67. The number of nitrogens with two attached hydrogens (primary N) is 1. The van der Waals surface area contributed by atoms with Crippen LogP contribution in [0.25, 0.3) is 0 Å². The molecule has 0 radical (unpaired) electrons. The number of hydrogen-bond donors (Lipinski definition) is 1. The second-order valence-electron chi connectivity index (χ2n) is 5.57. The van der Waals surface area contributed by atoms with E-state index in [0.717, 1.165) is 35.1 Å². The van der Waals surface area contributed by atoms with Crippen LogP contribution in [0.15, 0.2) is 12.1 Å². The molecule has 0 unspecified atom stereocenters. The topological polar surface area (TPSA) is 66.6 Å². The molecule has 22 heavy (non-hydrogen) atoms. The van der Waals surface area contributed by atoms with E-state index in [1.165, 1.54) is 11.3 Å². The lowest BCUT2D eigenvalue weighted by Gasteiger charge is -2.31. The smallest absolute Gasteiger partial charge is 0.237 e. The second kappa shape index (κ2) is 7.94. The molecule has 0 atom stereocenters. The molecule has 0 aromatic carbocycles. The Hall–Kier alpha value is -1.11. The number of piperidine rings is 1. The van der Waals surface area contributed by atoms with E-state index in [-0.39, 0.29) is 17.7 Å². The summed E-state index contributed by atoms with van der Waals surface area (Å²) in [5.41, 5.74) is 5.33. The summed E-state index contributed by atoms with van der Waals surface area (Å²) in [6.45, 7) is 5.16. The van der Waals surface area contributed by atoms with Gasteiger partial charge < -0.3 is 10.6 Å². The van der Waals surface area contributed by atoms with Crippen molar-refractivity contribution in [2.75, 3.05) is 26.2 Å². The molecule has 5 nitrogen and oxygen atoms in total. The van der Waals surface area contributed by atoms with Gasteiger partial charge in [0.1, 0.15) is 0 Å². The number of likely N-dealkylation sites (N-methyl/N-ethyl adjacent to an activating group) is 1. The summed E-state index contributed by atoms with van der Waals surface area (Å²) in [5.74, 6) is -0.151. The third-order valence-electron chi connectivity index (χ3n) is 4.06. The van der Waals surface area contributed by atoms with E-state index in [0.29, 0.717) is 19.6 Å². The Morgan fingerprint density at radius 2 is 2.09 bits per heavy atom. The minimum absolute atomic E-state index is 0.0399. The highest BCUT2D eigenvalue weighted by Crippen LogP contribution is 2.23. The van der Waals surface area contributed by atoms with Crippen molar-refractivity contribution in [3.63, 3.8) is 0 Å². The van der Waals surface area contributed by atoms with E-state index >= 15 is 0 Å². The van der Waals surface area contributed by atoms with Crippen LogP contribution in [0.3, 0.4) is 0 Å². The Morgan fingerprint density at radius 3 is 2.59 bits per heavy atom. The first-order chi connectivity index (χ1) is 10.5. The van der Waals surface area contributed by atoms with Gasteiger partial charge in [-0.05, 0) is 45.0 Å². The van der Waals surface area contributed by atoms with Gasteiger partial charge in [-0.25, -0.2) is 0 Å². The number of carbonyl (C=O) groups is 2. The SMILES string of the molecule is CCN(Cc1ccc(Cl)s1)C(=O)CN1CCC(C(N)=O)CC1. The van der Waals surface area contributed by atoms with E-state index in [9.17, 15) is 9.59 Å². The van der Waals surface area contributed by atoms with Crippen LogP contribution < -0.4 is 5.73 Å². The number of amides is 2.